The summed E-state index contributed by atoms with van der Waals surface area (Å²) in [6, 6.07) is -4.00. The van der Waals surface area contributed by atoms with Gasteiger partial charge in [-0.3, -0.25) is 15.0 Å². The Morgan fingerprint density at radius 2 is 1.71 bits per heavy atom. The predicted octanol–water partition coefficient (Wildman–Crippen LogP) is -3.67. The van der Waals surface area contributed by atoms with E-state index in [1.54, 1.807) is 6.92 Å². The van der Waals surface area contributed by atoms with Crippen LogP contribution in [0.3, 0.4) is 0 Å². The number of amides is 4. The van der Waals surface area contributed by atoms with Crippen LogP contribution >= 0.6 is 0 Å². The zero-order valence-electron chi connectivity index (χ0n) is 13.2. The van der Waals surface area contributed by atoms with E-state index in [0.717, 1.165) is 0 Å². The van der Waals surface area contributed by atoms with Crippen LogP contribution < -0.4 is 33.0 Å². The molecular weight excluding hydrogens is 324 g/mol. The first-order valence-corrected chi connectivity index (χ1v) is 7.18. The standard InChI is InChI=1S/C12H24N6O6/c1-2-7(11(22)23)16-12(24)17-8(3-9(14)20)10(21)18-15-4-6(13)5-19/h6-8,15,19H,2-5,13H2,1H3,(H2,14,20)(H,18,21)(H,22,23)(H2,16,17,24). The van der Waals surface area contributed by atoms with Gasteiger partial charge in [0.05, 0.1) is 13.0 Å². The lowest BCUT2D eigenvalue weighted by Gasteiger charge is -2.20. The molecule has 0 saturated heterocycles. The van der Waals surface area contributed by atoms with Crippen molar-refractivity contribution in [3.8, 4) is 0 Å². The molecule has 138 valence electrons. The van der Waals surface area contributed by atoms with Gasteiger partial charge in [0.25, 0.3) is 5.91 Å². The van der Waals surface area contributed by atoms with E-state index < -0.39 is 48.4 Å². The lowest BCUT2D eigenvalue weighted by atomic mass is 10.2. The lowest BCUT2D eigenvalue weighted by Crippen LogP contribution is -2.57. The van der Waals surface area contributed by atoms with E-state index in [1.165, 1.54) is 0 Å². The molecule has 4 amide bonds. The van der Waals surface area contributed by atoms with Gasteiger partial charge in [-0.1, -0.05) is 6.92 Å². The highest BCUT2D eigenvalue weighted by Crippen LogP contribution is 1.94. The highest BCUT2D eigenvalue weighted by molar-refractivity contribution is 5.91. The molecule has 0 radical (unpaired) electrons. The minimum Gasteiger partial charge on any atom is -0.480 e. The van der Waals surface area contributed by atoms with Crippen LogP contribution in [-0.4, -0.2) is 65.3 Å². The van der Waals surface area contributed by atoms with Crippen LogP contribution in [0.25, 0.3) is 0 Å². The van der Waals surface area contributed by atoms with Crippen LogP contribution in [0.4, 0.5) is 4.79 Å². The van der Waals surface area contributed by atoms with Gasteiger partial charge in [0.1, 0.15) is 12.1 Å². The average Bonchev–Trinajstić information content (AvgIpc) is 2.50. The molecule has 0 aliphatic carbocycles. The summed E-state index contributed by atoms with van der Waals surface area (Å²) in [5.41, 5.74) is 15.1. The Labute approximate surface area is 138 Å². The molecular formula is C12H24N6O6. The fraction of sp³-hybridized carbons (Fsp3) is 0.667. The van der Waals surface area contributed by atoms with Gasteiger partial charge >= 0.3 is 12.0 Å². The highest BCUT2D eigenvalue weighted by atomic mass is 16.4. The summed E-state index contributed by atoms with van der Waals surface area (Å²) >= 11 is 0. The Morgan fingerprint density at radius 1 is 1.12 bits per heavy atom. The number of urea groups is 1. The quantitative estimate of drug-likeness (QED) is 0.174. The summed E-state index contributed by atoms with van der Waals surface area (Å²) in [5.74, 6) is -2.85. The molecule has 3 atom stereocenters. The topological polar surface area (TPSA) is 209 Å². The first-order chi connectivity index (χ1) is 11.2. The molecule has 0 bridgehead atoms. The molecule has 12 nitrogen and oxygen atoms in total. The number of carboxylic acids is 1. The first-order valence-electron chi connectivity index (χ1n) is 7.18. The van der Waals surface area contributed by atoms with Gasteiger partial charge in [0.15, 0.2) is 0 Å². The second kappa shape index (κ2) is 11.2. The molecule has 0 aliphatic heterocycles. The molecule has 12 heteroatoms. The van der Waals surface area contributed by atoms with Gasteiger partial charge in [-0.05, 0) is 6.42 Å². The molecule has 0 aromatic rings. The maximum atomic E-state index is 11.9. The largest absolute Gasteiger partial charge is 0.480 e. The number of aliphatic carboxylic acids is 1. The van der Waals surface area contributed by atoms with Crippen molar-refractivity contribution >= 4 is 23.8 Å². The summed E-state index contributed by atoms with van der Waals surface area (Å²) in [7, 11) is 0. The van der Waals surface area contributed by atoms with E-state index in [2.05, 4.69) is 21.5 Å². The monoisotopic (exact) mass is 348 g/mol. The predicted molar refractivity (Wildman–Crippen MR) is 82.2 cm³/mol. The first kappa shape index (κ1) is 21.6. The average molecular weight is 348 g/mol. The fourth-order valence-electron chi connectivity index (χ4n) is 1.53. The number of nitrogens with one attached hydrogen (secondary N) is 4. The Morgan fingerprint density at radius 3 is 2.17 bits per heavy atom. The third-order valence-corrected chi connectivity index (χ3v) is 2.85. The number of hydrogen-bond donors (Lipinski definition) is 8. The van der Waals surface area contributed by atoms with E-state index in [9.17, 15) is 19.2 Å². The Kier molecular flexibility index (Phi) is 10.0. The Balaban J connectivity index is 4.64. The molecule has 0 aromatic carbocycles. The van der Waals surface area contributed by atoms with Crippen LogP contribution in [0, 0.1) is 0 Å². The molecule has 0 aromatic heterocycles. The van der Waals surface area contributed by atoms with Gasteiger partial charge < -0.3 is 32.3 Å². The molecule has 24 heavy (non-hydrogen) atoms. The van der Waals surface area contributed by atoms with Crippen molar-refractivity contribution in [3.05, 3.63) is 0 Å². The summed E-state index contributed by atoms with van der Waals surface area (Å²) in [6.45, 7) is 1.30. The minimum atomic E-state index is -1.31. The van der Waals surface area contributed by atoms with E-state index in [4.69, 9.17) is 21.7 Å². The van der Waals surface area contributed by atoms with Crippen LogP contribution in [0.5, 0.6) is 0 Å². The summed E-state index contributed by atoms with van der Waals surface area (Å²) in [4.78, 5) is 45.6. The van der Waals surface area contributed by atoms with Crippen molar-refractivity contribution < 1.29 is 29.4 Å². The van der Waals surface area contributed by atoms with Crippen LogP contribution in [0.15, 0.2) is 0 Å². The van der Waals surface area contributed by atoms with Crippen LogP contribution in [0.1, 0.15) is 19.8 Å². The van der Waals surface area contributed by atoms with E-state index in [-0.39, 0.29) is 19.6 Å². The molecule has 0 saturated carbocycles. The van der Waals surface area contributed by atoms with Gasteiger partial charge in [-0.25, -0.2) is 15.0 Å². The van der Waals surface area contributed by atoms with Crippen molar-refractivity contribution in [2.45, 2.75) is 37.9 Å². The maximum absolute atomic E-state index is 11.9. The van der Waals surface area contributed by atoms with Gasteiger partial charge in [0.2, 0.25) is 5.91 Å². The number of rotatable bonds is 11. The highest BCUT2D eigenvalue weighted by Gasteiger charge is 2.25. The molecule has 3 unspecified atom stereocenters. The number of carboxylic acid groups (broad SMARTS) is 1. The summed E-state index contributed by atoms with van der Waals surface area (Å²) in [5, 5.41) is 21.9. The molecule has 0 aliphatic rings. The molecule has 10 N–H and O–H groups in total. The van der Waals surface area contributed by atoms with E-state index >= 15 is 0 Å². The van der Waals surface area contributed by atoms with E-state index in [0.29, 0.717) is 0 Å². The van der Waals surface area contributed by atoms with Crippen molar-refractivity contribution in [1.29, 1.82) is 0 Å². The van der Waals surface area contributed by atoms with E-state index in [1.807, 2.05) is 0 Å². The van der Waals surface area contributed by atoms with Crippen LogP contribution in [0.2, 0.25) is 0 Å². The van der Waals surface area contributed by atoms with Crippen LogP contribution in [-0.2, 0) is 14.4 Å². The number of carbonyl (C=O) groups excluding carboxylic acids is 3. The normalized spacial score (nSPS) is 14.1. The molecule has 0 heterocycles. The number of hydrogen-bond acceptors (Lipinski definition) is 7. The third kappa shape index (κ3) is 8.87. The minimum absolute atomic E-state index is 0.0502. The third-order valence-electron chi connectivity index (χ3n) is 2.85. The summed E-state index contributed by atoms with van der Waals surface area (Å²) < 4.78 is 0. The zero-order valence-corrected chi connectivity index (χ0v) is 13.2. The smallest absolute Gasteiger partial charge is 0.326 e. The lowest BCUT2D eigenvalue weighted by molar-refractivity contribution is -0.139. The molecule has 0 spiro atoms. The molecule has 0 fully saturated rings. The number of carbonyl (C=O) groups is 4. The second-order valence-corrected chi connectivity index (χ2v) is 4.95. The van der Waals surface area contributed by atoms with Crippen molar-refractivity contribution in [3.63, 3.8) is 0 Å². The summed E-state index contributed by atoms with van der Waals surface area (Å²) in [6.07, 6.45) is -0.354. The fourth-order valence-corrected chi connectivity index (χ4v) is 1.53. The van der Waals surface area contributed by atoms with Gasteiger partial charge in [-0.2, -0.15) is 0 Å². The molecule has 0 rings (SSSR count). The maximum Gasteiger partial charge on any atom is 0.326 e. The number of aliphatic hydroxyl groups excluding tert-OH is 1. The Hall–Kier alpha value is -2.44. The number of aliphatic hydroxyl groups is 1. The van der Waals surface area contributed by atoms with Gasteiger partial charge in [0, 0.05) is 12.6 Å². The Bertz CT molecular complexity index is 459. The second-order valence-electron chi connectivity index (χ2n) is 4.95. The SMILES string of the molecule is CCC(NC(=O)NC(CC(N)=O)C(=O)NNCC(N)CO)C(=O)O. The van der Waals surface area contributed by atoms with Crippen molar-refractivity contribution in [2.24, 2.45) is 11.5 Å². The number of primary amides is 1. The zero-order chi connectivity index (χ0) is 18.7. The number of hydrazine groups is 1. The van der Waals surface area contributed by atoms with Crippen molar-refractivity contribution in [1.82, 2.24) is 21.5 Å². The van der Waals surface area contributed by atoms with Gasteiger partial charge in [-0.15, -0.1) is 0 Å². The van der Waals surface area contributed by atoms with Crippen molar-refractivity contribution in [2.75, 3.05) is 13.2 Å². The number of nitrogens with two attached hydrogens (primary N) is 2.